The van der Waals surface area contributed by atoms with Gasteiger partial charge in [0.15, 0.2) is 0 Å². The lowest BCUT2D eigenvalue weighted by molar-refractivity contribution is -0.107. The van der Waals surface area contributed by atoms with Gasteiger partial charge in [-0.1, -0.05) is 12.1 Å². The van der Waals surface area contributed by atoms with Crippen LogP contribution in [-0.2, 0) is 11.2 Å². The summed E-state index contributed by atoms with van der Waals surface area (Å²) in [5, 5.41) is 3.39. The van der Waals surface area contributed by atoms with Crippen molar-refractivity contribution in [1.82, 2.24) is 0 Å². The van der Waals surface area contributed by atoms with Crippen LogP contribution in [0.15, 0.2) is 29.6 Å². The first-order chi connectivity index (χ1) is 6.42. The van der Waals surface area contributed by atoms with Crippen molar-refractivity contribution in [3.63, 3.8) is 0 Å². The van der Waals surface area contributed by atoms with E-state index in [-0.39, 0.29) is 0 Å². The molecule has 1 aromatic carbocycles. The minimum Gasteiger partial charge on any atom is -0.303 e. The molecule has 0 fully saturated rings. The molecule has 0 aliphatic carbocycles. The number of thiophene rings is 1. The first-order valence-corrected chi connectivity index (χ1v) is 5.18. The monoisotopic (exact) mass is 190 g/mol. The standard InChI is InChI=1S/C11H10OS/c12-7-2-4-9-3-1-5-11-10(9)6-8-13-11/h1,3,5-8H,2,4H2. The number of hydrogen-bond donors (Lipinski definition) is 0. The minimum absolute atomic E-state index is 0.620. The number of aryl methyl sites for hydroxylation is 1. The number of carbonyl (C=O) groups is 1. The highest BCUT2D eigenvalue weighted by molar-refractivity contribution is 7.17. The van der Waals surface area contributed by atoms with Crippen LogP contribution < -0.4 is 0 Å². The molecule has 0 aliphatic rings. The van der Waals surface area contributed by atoms with Crippen molar-refractivity contribution in [1.29, 1.82) is 0 Å². The van der Waals surface area contributed by atoms with Gasteiger partial charge in [0.25, 0.3) is 0 Å². The van der Waals surface area contributed by atoms with Crippen molar-refractivity contribution in [2.45, 2.75) is 12.8 Å². The number of rotatable bonds is 3. The van der Waals surface area contributed by atoms with Crippen LogP contribution in [0.25, 0.3) is 10.1 Å². The predicted molar refractivity (Wildman–Crippen MR) is 56.2 cm³/mol. The Labute approximate surface area is 81.0 Å². The maximum Gasteiger partial charge on any atom is 0.120 e. The van der Waals surface area contributed by atoms with E-state index in [0.717, 1.165) is 12.7 Å². The number of aldehydes is 1. The highest BCUT2D eigenvalue weighted by atomic mass is 32.1. The van der Waals surface area contributed by atoms with Gasteiger partial charge < -0.3 is 4.79 Å². The number of carbonyl (C=O) groups excluding carboxylic acids is 1. The summed E-state index contributed by atoms with van der Waals surface area (Å²) >= 11 is 1.75. The van der Waals surface area contributed by atoms with E-state index < -0.39 is 0 Å². The van der Waals surface area contributed by atoms with E-state index in [1.807, 2.05) is 0 Å². The zero-order chi connectivity index (χ0) is 9.10. The van der Waals surface area contributed by atoms with Crippen molar-refractivity contribution < 1.29 is 4.79 Å². The van der Waals surface area contributed by atoms with Gasteiger partial charge in [-0.05, 0) is 34.9 Å². The number of hydrogen-bond acceptors (Lipinski definition) is 2. The van der Waals surface area contributed by atoms with Gasteiger partial charge >= 0.3 is 0 Å². The van der Waals surface area contributed by atoms with E-state index in [1.54, 1.807) is 11.3 Å². The molecular weight excluding hydrogens is 180 g/mol. The molecule has 1 nitrogen and oxygen atoms in total. The average Bonchev–Trinajstić information content (AvgIpc) is 2.62. The first kappa shape index (κ1) is 8.45. The largest absolute Gasteiger partial charge is 0.303 e. The Hall–Kier alpha value is -1.15. The topological polar surface area (TPSA) is 17.1 Å². The summed E-state index contributed by atoms with van der Waals surface area (Å²) in [6.45, 7) is 0. The maximum atomic E-state index is 10.3. The summed E-state index contributed by atoms with van der Waals surface area (Å²) in [5.41, 5.74) is 1.28. The number of benzene rings is 1. The van der Waals surface area contributed by atoms with Crippen LogP contribution in [0.4, 0.5) is 0 Å². The Morgan fingerprint density at radius 2 is 2.23 bits per heavy atom. The second kappa shape index (κ2) is 3.71. The van der Waals surface area contributed by atoms with Gasteiger partial charge in [0.2, 0.25) is 0 Å². The van der Waals surface area contributed by atoms with Gasteiger partial charge in [0.1, 0.15) is 6.29 Å². The normalized spacial score (nSPS) is 10.5. The van der Waals surface area contributed by atoms with Crippen LogP contribution >= 0.6 is 11.3 Å². The molecule has 66 valence electrons. The fraction of sp³-hybridized carbons (Fsp3) is 0.182. The van der Waals surface area contributed by atoms with Crippen LogP contribution in [0.3, 0.4) is 0 Å². The lowest BCUT2D eigenvalue weighted by Gasteiger charge is -1.99. The highest BCUT2D eigenvalue weighted by Crippen LogP contribution is 2.24. The third kappa shape index (κ3) is 1.63. The molecule has 0 spiro atoms. The fourth-order valence-electron chi connectivity index (χ4n) is 1.49. The van der Waals surface area contributed by atoms with Gasteiger partial charge in [-0.25, -0.2) is 0 Å². The summed E-state index contributed by atoms with van der Waals surface area (Å²) in [6.07, 6.45) is 2.46. The summed E-state index contributed by atoms with van der Waals surface area (Å²) in [4.78, 5) is 10.3. The second-order valence-corrected chi connectivity index (χ2v) is 3.90. The summed E-state index contributed by atoms with van der Waals surface area (Å²) < 4.78 is 1.31. The average molecular weight is 190 g/mol. The fourth-order valence-corrected chi connectivity index (χ4v) is 2.32. The van der Waals surface area contributed by atoms with Gasteiger partial charge in [-0.3, -0.25) is 0 Å². The zero-order valence-electron chi connectivity index (χ0n) is 7.19. The second-order valence-electron chi connectivity index (χ2n) is 2.95. The molecule has 0 atom stereocenters. The molecule has 2 rings (SSSR count). The Kier molecular flexibility index (Phi) is 2.41. The van der Waals surface area contributed by atoms with E-state index in [1.165, 1.54) is 15.6 Å². The van der Waals surface area contributed by atoms with Crippen LogP contribution in [-0.4, -0.2) is 6.29 Å². The van der Waals surface area contributed by atoms with Crippen LogP contribution in [0.1, 0.15) is 12.0 Å². The molecule has 2 heteroatoms. The lowest BCUT2D eigenvalue weighted by atomic mass is 10.1. The van der Waals surface area contributed by atoms with Crippen molar-refractivity contribution in [2.75, 3.05) is 0 Å². The van der Waals surface area contributed by atoms with Crippen molar-refractivity contribution in [2.24, 2.45) is 0 Å². The molecule has 2 aromatic rings. The summed E-state index contributed by atoms with van der Waals surface area (Å²) in [5.74, 6) is 0. The molecule has 0 saturated carbocycles. The third-order valence-corrected chi connectivity index (χ3v) is 3.00. The van der Waals surface area contributed by atoms with Gasteiger partial charge in [0, 0.05) is 11.1 Å². The SMILES string of the molecule is O=CCCc1cccc2sccc12. The molecule has 13 heavy (non-hydrogen) atoms. The van der Waals surface area contributed by atoms with Crippen LogP contribution in [0, 0.1) is 0 Å². The molecule has 0 unspecified atom stereocenters. The molecule has 0 bridgehead atoms. The lowest BCUT2D eigenvalue weighted by Crippen LogP contribution is -1.85. The summed E-state index contributed by atoms with van der Waals surface area (Å²) in [7, 11) is 0. The van der Waals surface area contributed by atoms with E-state index in [2.05, 4.69) is 29.6 Å². The van der Waals surface area contributed by atoms with Crippen molar-refractivity contribution >= 4 is 27.7 Å². The van der Waals surface area contributed by atoms with Crippen molar-refractivity contribution in [3.8, 4) is 0 Å². The minimum atomic E-state index is 0.620. The Bertz CT molecular complexity index is 417. The molecular formula is C11H10OS. The van der Waals surface area contributed by atoms with Gasteiger partial charge in [-0.15, -0.1) is 11.3 Å². The Balaban J connectivity index is 2.42. The Morgan fingerprint density at radius 1 is 1.31 bits per heavy atom. The zero-order valence-corrected chi connectivity index (χ0v) is 8.01. The van der Waals surface area contributed by atoms with E-state index >= 15 is 0 Å². The summed E-state index contributed by atoms with van der Waals surface area (Å²) in [6, 6.07) is 8.39. The van der Waals surface area contributed by atoms with E-state index in [4.69, 9.17) is 0 Å². The quantitative estimate of drug-likeness (QED) is 0.680. The number of fused-ring (bicyclic) bond motifs is 1. The third-order valence-electron chi connectivity index (χ3n) is 2.12. The molecule has 1 aromatic heterocycles. The molecule has 0 radical (unpaired) electrons. The molecule has 0 saturated heterocycles. The van der Waals surface area contributed by atoms with Gasteiger partial charge in [0.05, 0.1) is 0 Å². The molecule has 0 N–H and O–H groups in total. The molecule has 0 aliphatic heterocycles. The highest BCUT2D eigenvalue weighted by Gasteiger charge is 2.00. The maximum absolute atomic E-state index is 10.3. The van der Waals surface area contributed by atoms with E-state index in [9.17, 15) is 4.79 Å². The molecule has 1 heterocycles. The van der Waals surface area contributed by atoms with Crippen LogP contribution in [0.5, 0.6) is 0 Å². The van der Waals surface area contributed by atoms with Gasteiger partial charge in [-0.2, -0.15) is 0 Å². The van der Waals surface area contributed by atoms with Crippen LogP contribution in [0.2, 0.25) is 0 Å². The van der Waals surface area contributed by atoms with E-state index in [0.29, 0.717) is 6.42 Å². The smallest absolute Gasteiger partial charge is 0.120 e. The first-order valence-electron chi connectivity index (χ1n) is 4.30. The predicted octanol–water partition coefficient (Wildman–Crippen LogP) is 3.03. The Morgan fingerprint density at radius 3 is 3.08 bits per heavy atom. The molecule has 0 amide bonds. The van der Waals surface area contributed by atoms with Crippen molar-refractivity contribution in [3.05, 3.63) is 35.2 Å².